The van der Waals surface area contributed by atoms with E-state index in [4.69, 9.17) is 0 Å². The van der Waals surface area contributed by atoms with Crippen molar-refractivity contribution < 1.29 is 18.8 Å². The summed E-state index contributed by atoms with van der Waals surface area (Å²) in [7, 11) is 0. The number of amides is 3. The number of nitrogens with zero attached hydrogens (tertiary/aromatic N) is 2. The first-order chi connectivity index (χ1) is 14.0. The topological polar surface area (TPSA) is 69.7 Å². The van der Waals surface area contributed by atoms with Crippen LogP contribution >= 0.6 is 0 Å². The van der Waals surface area contributed by atoms with Crippen molar-refractivity contribution in [3.05, 3.63) is 65.5 Å². The van der Waals surface area contributed by atoms with Crippen molar-refractivity contribution in [3.63, 3.8) is 0 Å². The van der Waals surface area contributed by atoms with E-state index >= 15 is 0 Å². The fourth-order valence-corrected chi connectivity index (χ4v) is 4.05. The quantitative estimate of drug-likeness (QED) is 0.865. The summed E-state index contributed by atoms with van der Waals surface area (Å²) in [5.41, 5.74) is 1.33. The van der Waals surface area contributed by atoms with Gasteiger partial charge in [0.05, 0.1) is 17.3 Å². The number of halogens is 1. The number of carbonyl (C=O) groups is 3. The molecule has 3 amide bonds. The second-order valence-electron chi connectivity index (χ2n) is 7.44. The van der Waals surface area contributed by atoms with Gasteiger partial charge < -0.3 is 15.1 Å². The summed E-state index contributed by atoms with van der Waals surface area (Å²) < 4.78 is 14.0. The Balaban J connectivity index is 1.62. The molecule has 0 saturated carbocycles. The van der Waals surface area contributed by atoms with Crippen molar-refractivity contribution in [1.29, 1.82) is 0 Å². The van der Waals surface area contributed by atoms with Gasteiger partial charge in [0.2, 0.25) is 11.8 Å². The summed E-state index contributed by atoms with van der Waals surface area (Å²) in [5.74, 6) is -1.57. The van der Waals surface area contributed by atoms with E-state index in [1.807, 2.05) is 37.3 Å². The maximum absolute atomic E-state index is 14.0. The molecule has 0 bridgehead atoms. The van der Waals surface area contributed by atoms with Gasteiger partial charge in [-0.05, 0) is 43.5 Å². The molecule has 2 heterocycles. The zero-order valence-electron chi connectivity index (χ0n) is 16.1. The van der Waals surface area contributed by atoms with E-state index in [9.17, 15) is 18.8 Å². The lowest BCUT2D eigenvalue weighted by Crippen LogP contribution is -2.48. The van der Waals surface area contributed by atoms with Crippen LogP contribution < -0.4 is 10.2 Å². The third kappa shape index (κ3) is 3.60. The van der Waals surface area contributed by atoms with Gasteiger partial charge in [0.15, 0.2) is 0 Å². The lowest BCUT2D eigenvalue weighted by molar-refractivity contribution is -0.126. The van der Waals surface area contributed by atoms with E-state index in [0.29, 0.717) is 13.0 Å². The van der Waals surface area contributed by atoms with E-state index in [0.717, 1.165) is 18.1 Å². The Morgan fingerprint density at radius 2 is 1.97 bits per heavy atom. The highest BCUT2D eigenvalue weighted by Gasteiger charge is 2.42. The first-order valence-corrected chi connectivity index (χ1v) is 9.72. The lowest BCUT2D eigenvalue weighted by Gasteiger charge is -2.26. The number of hydrogen-bond acceptors (Lipinski definition) is 3. The average molecular weight is 395 g/mol. The molecule has 0 aliphatic carbocycles. The van der Waals surface area contributed by atoms with Crippen molar-refractivity contribution in [2.75, 3.05) is 18.0 Å². The third-order valence-corrected chi connectivity index (χ3v) is 5.52. The van der Waals surface area contributed by atoms with Crippen LogP contribution in [-0.4, -0.2) is 41.8 Å². The van der Waals surface area contributed by atoms with Crippen molar-refractivity contribution in [1.82, 2.24) is 10.2 Å². The Morgan fingerprint density at radius 1 is 1.21 bits per heavy atom. The number of carbonyl (C=O) groups excluding carboxylic acids is 3. The maximum Gasteiger partial charge on any atom is 0.256 e. The van der Waals surface area contributed by atoms with Crippen molar-refractivity contribution in [2.24, 2.45) is 0 Å². The van der Waals surface area contributed by atoms with Crippen molar-refractivity contribution in [2.45, 2.75) is 31.8 Å². The molecule has 0 unspecified atom stereocenters. The molecule has 7 heteroatoms. The number of rotatable bonds is 4. The molecular weight excluding hydrogens is 373 g/mol. The fourth-order valence-electron chi connectivity index (χ4n) is 4.05. The van der Waals surface area contributed by atoms with E-state index in [2.05, 4.69) is 5.32 Å². The Labute approximate surface area is 168 Å². The number of benzene rings is 2. The van der Waals surface area contributed by atoms with Gasteiger partial charge in [0.1, 0.15) is 18.4 Å². The SMILES string of the molecule is C[C@H](NC(=O)CN1C(=O)[C@@H]2CCCN2C(=O)c2ccc(F)cc21)c1ccccc1. The number of anilines is 1. The Bertz CT molecular complexity index is 963. The van der Waals surface area contributed by atoms with Crippen molar-refractivity contribution >= 4 is 23.4 Å². The summed E-state index contributed by atoms with van der Waals surface area (Å²) in [6.45, 7) is 2.06. The number of nitrogens with one attached hydrogen (secondary N) is 1. The van der Waals surface area contributed by atoms with Gasteiger partial charge in [-0.25, -0.2) is 4.39 Å². The minimum absolute atomic E-state index is 0.150. The second kappa shape index (κ2) is 7.66. The highest BCUT2D eigenvalue weighted by molar-refractivity contribution is 6.12. The van der Waals surface area contributed by atoms with E-state index in [1.54, 1.807) is 0 Å². The van der Waals surface area contributed by atoms with Gasteiger partial charge in [0, 0.05) is 6.54 Å². The summed E-state index contributed by atoms with van der Waals surface area (Å²) in [6.07, 6.45) is 1.27. The van der Waals surface area contributed by atoms with Gasteiger partial charge in [-0.1, -0.05) is 30.3 Å². The van der Waals surface area contributed by atoms with Gasteiger partial charge in [-0.2, -0.15) is 0 Å². The molecule has 1 N–H and O–H groups in total. The molecule has 2 aromatic carbocycles. The van der Waals surface area contributed by atoms with Crippen LogP contribution in [0.1, 0.15) is 41.7 Å². The summed E-state index contributed by atoms with van der Waals surface area (Å²) >= 11 is 0. The van der Waals surface area contributed by atoms with Crippen LogP contribution in [0.3, 0.4) is 0 Å². The largest absolute Gasteiger partial charge is 0.348 e. The molecule has 1 fully saturated rings. The average Bonchev–Trinajstić information content (AvgIpc) is 3.19. The van der Waals surface area contributed by atoms with Gasteiger partial charge >= 0.3 is 0 Å². The highest BCUT2D eigenvalue weighted by atomic mass is 19.1. The monoisotopic (exact) mass is 395 g/mol. The molecule has 2 aliphatic rings. The van der Waals surface area contributed by atoms with E-state index in [1.165, 1.54) is 21.9 Å². The summed E-state index contributed by atoms with van der Waals surface area (Å²) in [5, 5.41) is 2.88. The molecule has 1 saturated heterocycles. The number of hydrogen-bond donors (Lipinski definition) is 1. The molecular formula is C22H22FN3O3. The predicted molar refractivity (Wildman–Crippen MR) is 106 cm³/mol. The summed E-state index contributed by atoms with van der Waals surface area (Å²) in [4.78, 5) is 41.6. The normalized spacial score (nSPS) is 19.4. The van der Waals surface area contributed by atoms with Gasteiger partial charge in [-0.15, -0.1) is 0 Å². The smallest absolute Gasteiger partial charge is 0.256 e. The van der Waals surface area contributed by atoms with Crippen LogP contribution in [0.15, 0.2) is 48.5 Å². The lowest BCUT2D eigenvalue weighted by atomic mass is 10.1. The van der Waals surface area contributed by atoms with Crippen LogP contribution in [0.5, 0.6) is 0 Å². The van der Waals surface area contributed by atoms with E-state index in [-0.39, 0.29) is 41.6 Å². The molecule has 2 aromatic rings. The molecule has 2 atom stereocenters. The highest BCUT2D eigenvalue weighted by Crippen LogP contribution is 2.32. The molecule has 0 aromatic heterocycles. The van der Waals surface area contributed by atoms with Crippen LogP contribution in [0, 0.1) is 5.82 Å². The Morgan fingerprint density at radius 3 is 2.72 bits per heavy atom. The molecule has 0 spiro atoms. The first-order valence-electron chi connectivity index (χ1n) is 9.72. The summed E-state index contributed by atoms with van der Waals surface area (Å²) in [6, 6.07) is 12.4. The molecule has 0 radical (unpaired) electrons. The first kappa shape index (κ1) is 19.1. The molecule has 150 valence electrons. The molecule has 6 nitrogen and oxygen atoms in total. The van der Waals surface area contributed by atoms with Crippen LogP contribution in [0.4, 0.5) is 10.1 Å². The minimum atomic E-state index is -0.614. The minimum Gasteiger partial charge on any atom is -0.348 e. The standard InChI is InChI=1S/C22H22FN3O3/c1-14(15-6-3-2-4-7-15)24-20(27)13-26-19-12-16(23)9-10-17(19)21(28)25-11-5-8-18(25)22(26)29/h2-4,6-7,9-10,12,14,18H,5,8,11,13H2,1H3,(H,24,27)/t14-,18-/m0/s1. The number of fused-ring (bicyclic) bond motifs is 2. The van der Waals surface area contributed by atoms with Crippen LogP contribution in [-0.2, 0) is 9.59 Å². The van der Waals surface area contributed by atoms with Gasteiger partial charge in [-0.3, -0.25) is 14.4 Å². The van der Waals surface area contributed by atoms with Crippen LogP contribution in [0.25, 0.3) is 0 Å². The third-order valence-electron chi connectivity index (χ3n) is 5.52. The zero-order chi connectivity index (χ0) is 20.5. The predicted octanol–water partition coefficient (Wildman–Crippen LogP) is 2.65. The zero-order valence-corrected chi connectivity index (χ0v) is 16.1. The van der Waals surface area contributed by atoms with E-state index < -0.39 is 11.9 Å². The fraction of sp³-hybridized carbons (Fsp3) is 0.318. The second-order valence-corrected chi connectivity index (χ2v) is 7.44. The Kier molecular flexibility index (Phi) is 5.05. The van der Waals surface area contributed by atoms with Gasteiger partial charge in [0.25, 0.3) is 5.91 Å². The Hall–Kier alpha value is -3.22. The van der Waals surface area contributed by atoms with Crippen molar-refractivity contribution in [3.8, 4) is 0 Å². The van der Waals surface area contributed by atoms with Crippen LogP contribution in [0.2, 0.25) is 0 Å². The maximum atomic E-state index is 14.0. The molecule has 4 rings (SSSR count). The molecule has 29 heavy (non-hydrogen) atoms. The molecule has 2 aliphatic heterocycles.